The fourth-order valence-corrected chi connectivity index (χ4v) is 1.89. The molecule has 0 aliphatic carbocycles. The number of benzene rings is 1. The molecule has 0 amide bonds. The van der Waals surface area contributed by atoms with E-state index in [9.17, 15) is 4.79 Å². The van der Waals surface area contributed by atoms with Gasteiger partial charge in [0.1, 0.15) is 0 Å². The average Bonchev–Trinajstić information content (AvgIpc) is 2.40. The van der Waals surface area contributed by atoms with Crippen LogP contribution in [0.4, 0.5) is 0 Å². The highest BCUT2D eigenvalue weighted by molar-refractivity contribution is 6.30. The van der Waals surface area contributed by atoms with Gasteiger partial charge in [-0.1, -0.05) is 23.7 Å². The maximum Gasteiger partial charge on any atom is 0.337 e. The van der Waals surface area contributed by atoms with Crippen LogP contribution in [-0.2, 0) is 25.4 Å². The van der Waals surface area contributed by atoms with Crippen molar-refractivity contribution in [3.63, 3.8) is 0 Å². The highest BCUT2D eigenvalue weighted by atomic mass is 35.5. The van der Waals surface area contributed by atoms with Gasteiger partial charge in [0, 0.05) is 11.4 Å². The molecule has 1 atom stereocenters. The summed E-state index contributed by atoms with van der Waals surface area (Å²) in [6, 6.07) is 7.48. The summed E-state index contributed by atoms with van der Waals surface area (Å²) in [5, 5.41) is 0.683. The van der Waals surface area contributed by atoms with Crippen LogP contribution in [0.2, 0.25) is 5.02 Å². The molecule has 0 N–H and O–H groups in total. The molecular weight excluding hydrogens is 256 g/mol. The molecule has 2 rings (SSSR count). The van der Waals surface area contributed by atoms with Gasteiger partial charge in [-0.25, -0.2) is 4.79 Å². The topological polar surface area (TPSA) is 44.8 Å². The summed E-state index contributed by atoms with van der Waals surface area (Å²) in [4.78, 5) is 11.6. The normalized spacial score (nSPS) is 19.5. The second-order valence-electron chi connectivity index (χ2n) is 3.98. The molecule has 98 valence electrons. The van der Waals surface area contributed by atoms with Crippen molar-refractivity contribution in [1.82, 2.24) is 0 Å². The number of ether oxygens (including phenoxy) is 3. The van der Waals surface area contributed by atoms with Crippen molar-refractivity contribution in [3.8, 4) is 0 Å². The summed E-state index contributed by atoms with van der Waals surface area (Å²) in [7, 11) is 0. The summed E-state index contributed by atoms with van der Waals surface area (Å²) in [5.41, 5.74) is 1.04. The van der Waals surface area contributed by atoms with E-state index in [4.69, 9.17) is 25.8 Å². The Labute approximate surface area is 111 Å². The lowest BCUT2D eigenvalue weighted by atomic mass is 10.2. The van der Waals surface area contributed by atoms with Crippen molar-refractivity contribution in [2.45, 2.75) is 12.5 Å². The maximum atomic E-state index is 11.6. The monoisotopic (exact) mass is 270 g/mol. The zero-order chi connectivity index (χ0) is 12.8. The number of carbonyl (C=O) groups excluding carboxylic acids is 1. The third kappa shape index (κ3) is 3.98. The van der Waals surface area contributed by atoms with E-state index < -0.39 is 6.10 Å². The van der Waals surface area contributed by atoms with E-state index in [0.717, 1.165) is 5.56 Å². The maximum absolute atomic E-state index is 11.6. The summed E-state index contributed by atoms with van der Waals surface area (Å²) in [6.07, 6.45) is 0.0537. The second-order valence-corrected chi connectivity index (χ2v) is 4.42. The molecule has 1 aliphatic rings. The highest BCUT2D eigenvalue weighted by Gasteiger charge is 2.23. The van der Waals surface area contributed by atoms with Crippen molar-refractivity contribution >= 4 is 17.6 Å². The van der Waals surface area contributed by atoms with E-state index in [1.165, 1.54) is 0 Å². The minimum Gasteiger partial charge on any atom is -0.463 e. The molecule has 0 unspecified atom stereocenters. The van der Waals surface area contributed by atoms with Crippen LogP contribution in [0.5, 0.6) is 0 Å². The Hall–Kier alpha value is -1.10. The second kappa shape index (κ2) is 6.73. The van der Waals surface area contributed by atoms with Crippen molar-refractivity contribution < 1.29 is 19.0 Å². The predicted molar refractivity (Wildman–Crippen MR) is 66.7 cm³/mol. The van der Waals surface area contributed by atoms with Gasteiger partial charge in [0.25, 0.3) is 0 Å². The van der Waals surface area contributed by atoms with Gasteiger partial charge in [0.2, 0.25) is 0 Å². The SMILES string of the molecule is O=C(OCCc1cccc(Cl)c1)[C@H]1COCCO1. The molecule has 1 aromatic rings. The molecule has 4 nitrogen and oxygen atoms in total. The van der Waals surface area contributed by atoms with Gasteiger partial charge in [0.15, 0.2) is 6.10 Å². The van der Waals surface area contributed by atoms with Gasteiger partial charge in [-0.3, -0.25) is 0 Å². The third-order valence-corrected chi connectivity index (χ3v) is 2.84. The Bertz CT molecular complexity index is 402. The molecule has 18 heavy (non-hydrogen) atoms. The number of hydrogen-bond donors (Lipinski definition) is 0. The fourth-order valence-electron chi connectivity index (χ4n) is 1.68. The molecule has 0 aromatic heterocycles. The number of esters is 1. The summed E-state index contributed by atoms with van der Waals surface area (Å²) >= 11 is 5.86. The van der Waals surface area contributed by atoms with Crippen LogP contribution >= 0.6 is 11.6 Å². The molecule has 1 aromatic carbocycles. The molecule has 0 saturated carbocycles. The van der Waals surface area contributed by atoms with Crippen molar-refractivity contribution in [3.05, 3.63) is 34.9 Å². The first-order chi connectivity index (χ1) is 8.75. The van der Waals surface area contributed by atoms with Gasteiger partial charge in [-0.2, -0.15) is 0 Å². The van der Waals surface area contributed by atoms with Crippen molar-refractivity contribution in [2.75, 3.05) is 26.4 Å². The van der Waals surface area contributed by atoms with Gasteiger partial charge >= 0.3 is 5.97 Å². The van der Waals surface area contributed by atoms with Gasteiger partial charge in [-0.05, 0) is 17.7 Å². The van der Waals surface area contributed by atoms with Crippen molar-refractivity contribution in [2.24, 2.45) is 0 Å². The van der Waals surface area contributed by atoms with E-state index in [1.54, 1.807) is 0 Å². The molecule has 0 bridgehead atoms. The Morgan fingerprint density at radius 2 is 2.33 bits per heavy atom. The third-order valence-electron chi connectivity index (χ3n) is 2.60. The van der Waals surface area contributed by atoms with Gasteiger partial charge in [-0.15, -0.1) is 0 Å². The fraction of sp³-hybridized carbons (Fsp3) is 0.462. The summed E-state index contributed by atoms with van der Waals surface area (Å²) < 4.78 is 15.5. The quantitative estimate of drug-likeness (QED) is 0.783. The van der Waals surface area contributed by atoms with Crippen LogP contribution in [-0.4, -0.2) is 38.5 Å². The van der Waals surface area contributed by atoms with Crippen LogP contribution < -0.4 is 0 Å². The predicted octanol–water partition coefficient (Wildman–Crippen LogP) is 1.84. The standard InChI is InChI=1S/C13H15ClO4/c14-11-3-1-2-10(8-11)4-5-18-13(15)12-9-16-6-7-17-12/h1-3,8,12H,4-7,9H2/t12-/m1/s1. The minimum absolute atomic E-state index is 0.274. The first-order valence-electron chi connectivity index (χ1n) is 5.86. The van der Waals surface area contributed by atoms with Crippen LogP contribution in [0.15, 0.2) is 24.3 Å². The number of rotatable bonds is 4. The van der Waals surface area contributed by atoms with E-state index in [0.29, 0.717) is 31.3 Å². The molecule has 5 heteroatoms. The van der Waals surface area contributed by atoms with Gasteiger partial charge < -0.3 is 14.2 Å². The van der Waals surface area contributed by atoms with Crippen molar-refractivity contribution in [1.29, 1.82) is 0 Å². The largest absolute Gasteiger partial charge is 0.463 e. The molecule has 1 fully saturated rings. The Kier molecular flexibility index (Phi) is 4.99. The zero-order valence-electron chi connectivity index (χ0n) is 9.93. The number of carbonyl (C=O) groups is 1. The lowest BCUT2D eigenvalue weighted by Crippen LogP contribution is -2.36. The van der Waals surface area contributed by atoms with Gasteiger partial charge in [0.05, 0.1) is 26.4 Å². The summed E-state index contributed by atoms with van der Waals surface area (Å²) in [5.74, 6) is -0.364. The molecule has 1 heterocycles. The lowest BCUT2D eigenvalue weighted by molar-refractivity contribution is -0.170. The zero-order valence-corrected chi connectivity index (χ0v) is 10.7. The first kappa shape index (κ1) is 13.3. The Balaban J connectivity index is 1.73. The molecule has 1 aliphatic heterocycles. The summed E-state index contributed by atoms with van der Waals surface area (Å²) in [6.45, 7) is 1.56. The van der Waals surface area contributed by atoms with E-state index >= 15 is 0 Å². The average molecular weight is 271 g/mol. The molecular formula is C13H15ClO4. The van der Waals surface area contributed by atoms with Crippen LogP contribution in [0.1, 0.15) is 5.56 Å². The Morgan fingerprint density at radius 1 is 1.44 bits per heavy atom. The Morgan fingerprint density at radius 3 is 3.06 bits per heavy atom. The van der Waals surface area contributed by atoms with Crippen LogP contribution in [0.25, 0.3) is 0 Å². The number of halogens is 1. The van der Waals surface area contributed by atoms with Crippen LogP contribution in [0.3, 0.4) is 0 Å². The first-order valence-corrected chi connectivity index (χ1v) is 6.24. The van der Waals surface area contributed by atoms with E-state index in [1.807, 2.05) is 24.3 Å². The molecule has 0 spiro atoms. The smallest absolute Gasteiger partial charge is 0.337 e. The molecule has 1 saturated heterocycles. The molecule has 0 radical (unpaired) electrons. The highest BCUT2D eigenvalue weighted by Crippen LogP contribution is 2.11. The van der Waals surface area contributed by atoms with E-state index in [-0.39, 0.29) is 12.6 Å². The van der Waals surface area contributed by atoms with Crippen LogP contribution in [0, 0.1) is 0 Å². The number of hydrogen-bond acceptors (Lipinski definition) is 4. The lowest BCUT2D eigenvalue weighted by Gasteiger charge is -2.21. The minimum atomic E-state index is -0.585. The van der Waals surface area contributed by atoms with E-state index in [2.05, 4.69) is 0 Å².